The van der Waals surface area contributed by atoms with Gasteiger partial charge in [0, 0.05) is 11.1 Å². The number of benzene rings is 2. The lowest BCUT2D eigenvalue weighted by Crippen LogP contribution is -3.15. The zero-order valence-electron chi connectivity index (χ0n) is 15.4. The standard InChI is InChI=1S/C21H23N3O3/c1-26-19-7-5-17(6-8-19)20(24-9-11-27-12-10-24)15-23-21(25)18-4-2-3-16(13-18)14-22/h2-8,13,20H,9-12,15H2,1H3,(H,23,25)/p+1/t20-/m0/s1. The van der Waals surface area contributed by atoms with Crippen LogP contribution < -0.4 is 15.0 Å². The van der Waals surface area contributed by atoms with Gasteiger partial charge in [0.15, 0.2) is 0 Å². The van der Waals surface area contributed by atoms with Crippen molar-refractivity contribution in [2.24, 2.45) is 0 Å². The summed E-state index contributed by atoms with van der Waals surface area (Å²) in [5, 5.41) is 12.0. The molecule has 1 aliphatic heterocycles. The van der Waals surface area contributed by atoms with E-state index in [-0.39, 0.29) is 11.9 Å². The van der Waals surface area contributed by atoms with Crippen LogP contribution in [0, 0.1) is 11.3 Å². The van der Waals surface area contributed by atoms with Crippen molar-refractivity contribution < 1.29 is 19.2 Å². The van der Waals surface area contributed by atoms with Crippen molar-refractivity contribution >= 4 is 5.91 Å². The molecule has 1 atom stereocenters. The third kappa shape index (κ3) is 4.85. The van der Waals surface area contributed by atoms with E-state index in [9.17, 15) is 4.79 Å². The summed E-state index contributed by atoms with van der Waals surface area (Å²) in [4.78, 5) is 13.9. The number of nitriles is 1. The highest BCUT2D eigenvalue weighted by Crippen LogP contribution is 2.16. The minimum absolute atomic E-state index is 0.128. The van der Waals surface area contributed by atoms with Crippen molar-refractivity contribution in [3.63, 3.8) is 0 Å². The molecular weight excluding hydrogens is 342 g/mol. The van der Waals surface area contributed by atoms with Crippen molar-refractivity contribution in [1.29, 1.82) is 5.26 Å². The lowest BCUT2D eigenvalue weighted by atomic mass is 10.0. The third-order valence-corrected chi connectivity index (χ3v) is 4.87. The Morgan fingerprint density at radius 2 is 2.00 bits per heavy atom. The summed E-state index contributed by atoms with van der Waals surface area (Å²) in [5.74, 6) is 0.644. The van der Waals surface area contributed by atoms with Gasteiger partial charge in [0.2, 0.25) is 0 Å². The third-order valence-electron chi connectivity index (χ3n) is 4.87. The number of hydrogen-bond donors (Lipinski definition) is 2. The molecule has 2 N–H and O–H groups in total. The van der Waals surface area contributed by atoms with Crippen molar-refractivity contribution in [1.82, 2.24) is 5.32 Å². The molecule has 6 heteroatoms. The SMILES string of the molecule is COc1ccc([C@H](CNC(=O)c2cccc(C#N)c2)[NH+]2CCOCC2)cc1. The number of rotatable bonds is 6. The van der Waals surface area contributed by atoms with Crippen LogP contribution in [0.3, 0.4) is 0 Å². The van der Waals surface area contributed by atoms with Crippen LogP contribution in [0.2, 0.25) is 0 Å². The summed E-state index contributed by atoms with van der Waals surface area (Å²) in [7, 11) is 1.65. The predicted molar refractivity (Wildman–Crippen MR) is 101 cm³/mol. The molecule has 0 bridgehead atoms. The molecule has 27 heavy (non-hydrogen) atoms. The molecule has 0 aromatic heterocycles. The smallest absolute Gasteiger partial charge is 0.251 e. The average Bonchev–Trinajstić information content (AvgIpc) is 2.75. The van der Waals surface area contributed by atoms with Crippen LogP contribution in [-0.4, -0.2) is 45.9 Å². The number of methoxy groups -OCH3 is 1. The molecule has 0 spiro atoms. The highest BCUT2D eigenvalue weighted by atomic mass is 16.5. The lowest BCUT2D eigenvalue weighted by Gasteiger charge is -2.32. The van der Waals surface area contributed by atoms with E-state index in [1.165, 1.54) is 4.90 Å². The lowest BCUT2D eigenvalue weighted by molar-refractivity contribution is -0.937. The first-order chi connectivity index (χ1) is 13.2. The van der Waals surface area contributed by atoms with Gasteiger partial charge < -0.3 is 19.7 Å². The number of amides is 1. The van der Waals surface area contributed by atoms with Gasteiger partial charge in [0.25, 0.3) is 5.91 Å². The average molecular weight is 366 g/mol. The fourth-order valence-electron chi connectivity index (χ4n) is 3.34. The molecule has 3 rings (SSSR count). The number of nitrogens with zero attached hydrogens (tertiary/aromatic N) is 1. The number of morpholine rings is 1. The summed E-state index contributed by atoms with van der Waals surface area (Å²) in [6, 6.07) is 16.9. The molecular formula is C21H24N3O3+. The van der Waals surface area contributed by atoms with Gasteiger partial charge in [-0.1, -0.05) is 6.07 Å². The Morgan fingerprint density at radius 1 is 1.26 bits per heavy atom. The van der Waals surface area contributed by atoms with Crippen LogP contribution in [0.15, 0.2) is 48.5 Å². The Labute approximate surface area is 159 Å². The molecule has 2 aromatic carbocycles. The molecule has 1 saturated heterocycles. The van der Waals surface area contributed by atoms with Gasteiger partial charge >= 0.3 is 0 Å². The number of quaternary nitrogens is 1. The maximum atomic E-state index is 12.6. The monoisotopic (exact) mass is 366 g/mol. The molecule has 0 radical (unpaired) electrons. The largest absolute Gasteiger partial charge is 0.497 e. The first-order valence-corrected chi connectivity index (χ1v) is 9.06. The van der Waals surface area contributed by atoms with Gasteiger partial charge in [-0.3, -0.25) is 4.79 Å². The van der Waals surface area contributed by atoms with E-state index in [4.69, 9.17) is 14.7 Å². The van der Waals surface area contributed by atoms with Crippen molar-refractivity contribution in [2.45, 2.75) is 6.04 Å². The second kappa shape index (κ2) is 9.17. The first kappa shape index (κ1) is 18.9. The molecule has 2 aromatic rings. The van der Waals surface area contributed by atoms with Crippen molar-refractivity contribution in [3.05, 3.63) is 65.2 Å². The molecule has 6 nitrogen and oxygen atoms in total. The molecule has 1 heterocycles. The Balaban J connectivity index is 1.74. The number of ether oxygens (including phenoxy) is 2. The van der Waals surface area contributed by atoms with E-state index in [2.05, 4.69) is 23.5 Å². The molecule has 0 unspecified atom stereocenters. The second-order valence-electron chi connectivity index (χ2n) is 6.50. The topological polar surface area (TPSA) is 75.8 Å². The Kier molecular flexibility index (Phi) is 6.42. The minimum atomic E-state index is -0.168. The summed E-state index contributed by atoms with van der Waals surface area (Å²) >= 11 is 0. The number of carbonyl (C=O) groups excluding carboxylic acids is 1. The highest BCUT2D eigenvalue weighted by molar-refractivity contribution is 5.94. The number of carbonyl (C=O) groups is 1. The molecule has 1 fully saturated rings. The van der Waals surface area contributed by atoms with Crippen molar-refractivity contribution in [3.8, 4) is 11.8 Å². The fraction of sp³-hybridized carbons (Fsp3) is 0.333. The zero-order valence-corrected chi connectivity index (χ0v) is 15.4. The maximum absolute atomic E-state index is 12.6. The van der Waals surface area contributed by atoms with E-state index in [1.54, 1.807) is 31.4 Å². The van der Waals surface area contributed by atoms with Crippen LogP contribution in [0.1, 0.15) is 27.5 Å². The summed E-state index contributed by atoms with van der Waals surface area (Å²) in [5.41, 5.74) is 2.13. The van der Waals surface area contributed by atoms with E-state index in [0.717, 1.165) is 37.6 Å². The fourth-order valence-corrected chi connectivity index (χ4v) is 3.34. The maximum Gasteiger partial charge on any atom is 0.251 e. The number of hydrogen-bond acceptors (Lipinski definition) is 4. The van der Waals surface area contributed by atoms with Crippen molar-refractivity contribution in [2.75, 3.05) is 40.0 Å². The summed E-state index contributed by atoms with van der Waals surface area (Å²) in [6.45, 7) is 3.75. The quantitative estimate of drug-likeness (QED) is 0.798. The molecule has 0 aliphatic carbocycles. The van der Waals surface area contributed by atoms with Crippen LogP contribution in [0.4, 0.5) is 0 Å². The Bertz CT molecular complexity index is 808. The molecule has 140 valence electrons. The zero-order chi connectivity index (χ0) is 19.1. The van der Waals surface area contributed by atoms with Gasteiger partial charge in [-0.15, -0.1) is 0 Å². The highest BCUT2D eigenvalue weighted by Gasteiger charge is 2.27. The first-order valence-electron chi connectivity index (χ1n) is 9.06. The van der Waals surface area contributed by atoms with E-state index in [1.807, 2.05) is 12.1 Å². The van der Waals surface area contributed by atoms with E-state index in [0.29, 0.717) is 17.7 Å². The molecule has 1 aliphatic rings. The minimum Gasteiger partial charge on any atom is -0.497 e. The van der Waals surface area contributed by atoms with E-state index >= 15 is 0 Å². The number of nitrogens with one attached hydrogen (secondary N) is 2. The van der Waals surface area contributed by atoms with Gasteiger partial charge in [-0.25, -0.2) is 0 Å². The molecule has 0 saturated carbocycles. The summed E-state index contributed by atoms with van der Waals surface area (Å²) in [6.07, 6.45) is 0. The normalized spacial score (nSPS) is 15.6. The van der Waals surface area contributed by atoms with Gasteiger partial charge in [-0.05, 0) is 42.5 Å². The van der Waals surface area contributed by atoms with Crippen LogP contribution in [0.25, 0.3) is 0 Å². The van der Waals surface area contributed by atoms with Gasteiger partial charge in [0.1, 0.15) is 24.9 Å². The molecule has 1 amide bonds. The van der Waals surface area contributed by atoms with Gasteiger partial charge in [0.05, 0.1) is 38.5 Å². The Hall–Kier alpha value is -2.88. The van der Waals surface area contributed by atoms with Crippen LogP contribution >= 0.6 is 0 Å². The van der Waals surface area contributed by atoms with Crippen LogP contribution in [-0.2, 0) is 4.74 Å². The van der Waals surface area contributed by atoms with Gasteiger partial charge in [-0.2, -0.15) is 5.26 Å². The predicted octanol–water partition coefficient (Wildman–Crippen LogP) is 0.953. The Morgan fingerprint density at radius 3 is 2.67 bits per heavy atom. The second-order valence-corrected chi connectivity index (χ2v) is 6.50. The van der Waals surface area contributed by atoms with E-state index < -0.39 is 0 Å². The summed E-state index contributed by atoms with van der Waals surface area (Å²) < 4.78 is 10.7. The van der Waals surface area contributed by atoms with Crippen LogP contribution in [0.5, 0.6) is 5.75 Å².